The highest BCUT2D eigenvalue weighted by Gasteiger charge is 2.19. The maximum atomic E-state index is 10.8. The Hall–Kier alpha value is -4.29. The summed E-state index contributed by atoms with van der Waals surface area (Å²) in [5.41, 5.74) is 3.67. The van der Waals surface area contributed by atoms with Gasteiger partial charge in [0, 0.05) is 5.56 Å². The zero-order valence-corrected chi connectivity index (χ0v) is 19.1. The van der Waals surface area contributed by atoms with Gasteiger partial charge in [-0.15, -0.1) is 10.2 Å². The molecule has 8 nitrogen and oxygen atoms in total. The number of aliphatic hydroxyl groups is 1. The lowest BCUT2D eigenvalue weighted by Crippen LogP contribution is -2.04. The van der Waals surface area contributed by atoms with Gasteiger partial charge >= 0.3 is 0 Å². The van der Waals surface area contributed by atoms with Crippen LogP contribution in [0.3, 0.4) is 0 Å². The van der Waals surface area contributed by atoms with Crippen molar-refractivity contribution in [3.8, 4) is 17.5 Å². The first kappa shape index (κ1) is 21.6. The lowest BCUT2D eigenvalue weighted by atomic mass is 10.1. The van der Waals surface area contributed by atoms with Crippen LogP contribution in [0.25, 0.3) is 28.0 Å². The number of thioether (sulfide) groups is 1. The number of hydrogen-bond donors (Lipinski definition) is 2. The molecule has 0 radical (unpaired) electrons. The van der Waals surface area contributed by atoms with Crippen LogP contribution in [0.5, 0.6) is 0 Å². The van der Waals surface area contributed by atoms with Gasteiger partial charge in [-0.3, -0.25) is 4.57 Å². The maximum Gasteiger partial charge on any atom is 0.192 e. The van der Waals surface area contributed by atoms with Gasteiger partial charge in [0.1, 0.15) is 23.2 Å². The molecule has 5 aromatic rings. The fraction of sp³-hybridized carbons (Fsp3) is 0.120. The molecule has 34 heavy (non-hydrogen) atoms. The van der Waals surface area contributed by atoms with Crippen molar-refractivity contribution in [3.05, 3.63) is 89.8 Å². The largest absolute Gasteiger partial charge is 0.510 e. The number of para-hydroxylation sites is 2. The number of imidazole rings is 1. The Kier molecular flexibility index (Phi) is 5.89. The molecule has 5 rings (SSSR count). The van der Waals surface area contributed by atoms with E-state index in [0.29, 0.717) is 23.4 Å². The van der Waals surface area contributed by atoms with E-state index in [1.807, 2.05) is 72.2 Å². The van der Waals surface area contributed by atoms with Gasteiger partial charge in [0.25, 0.3) is 0 Å². The van der Waals surface area contributed by atoms with E-state index in [1.165, 1.54) is 11.8 Å². The van der Waals surface area contributed by atoms with Crippen LogP contribution in [0.4, 0.5) is 0 Å². The predicted octanol–water partition coefficient (Wildman–Crippen LogP) is 5.36. The second kappa shape index (κ2) is 9.29. The first-order valence-corrected chi connectivity index (χ1v) is 11.5. The number of fused-ring (bicyclic) bond motifs is 1. The zero-order chi connectivity index (χ0) is 23.5. The van der Waals surface area contributed by atoms with Gasteiger partial charge < -0.3 is 14.5 Å². The van der Waals surface area contributed by atoms with E-state index in [-0.39, 0.29) is 17.1 Å². The van der Waals surface area contributed by atoms with E-state index in [4.69, 9.17) is 4.42 Å². The minimum Gasteiger partial charge on any atom is -0.510 e. The molecule has 0 aliphatic heterocycles. The first-order valence-electron chi connectivity index (χ1n) is 10.5. The molecule has 0 spiro atoms. The van der Waals surface area contributed by atoms with Gasteiger partial charge in [-0.2, -0.15) is 5.26 Å². The molecule has 2 N–H and O–H groups in total. The minimum absolute atomic E-state index is 0.0868. The first-order chi connectivity index (χ1) is 16.6. The minimum atomic E-state index is -0.0868. The maximum absolute atomic E-state index is 10.8. The number of aryl methyl sites for hydroxylation is 1. The number of nitrogens with one attached hydrogen (secondary N) is 1. The van der Waals surface area contributed by atoms with Crippen LogP contribution < -0.4 is 0 Å². The van der Waals surface area contributed by atoms with Crippen molar-refractivity contribution in [3.63, 3.8) is 0 Å². The summed E-state index contributed by atoms with van der Waals surface area (Å²) in [4.78, 5) is 7.52. The molecular formula is C25H20N6O2S. The molecule has 0 aliphatic carbocycles. The third-order valence-electron chi connectivity index (χ3n) is 5.25. The Morgan fingerprint density at radius 1 is 1.15 bits per heavy atom. The number of benzene rings is 2. The molecule has 0 atom stereocenters. The van der Waals surface area contributed by atoms with Crippen LogP contribution in [0.15, 0.2) is 82.3 Å². The van der Waals surface area contributed by atoms with Gasteiger partial charge in [0.2, 0.25) is 0 Å². The Balaban J connectivity index is 1.46. The van der Waals surface area contributed by atoms with Crippen molar-refractivity contribution in [1.29, 1.82) is 5.26 Å². The summed E-state index contributed by atoms with van der Waals surface area (Å²) in [5.74, 6) is 1.83. The van der Waals surface area contributed by atoms with Crippen molar-refractivity contribution in [2.45, 2.75) is 18.6 Å². The lowest BCUT2D eigenvalue weighted by Gasteiger charge is -2.09. The molecule has 3 heterocycles. The van der Waals surface area contributed by atoms with E-state index in [9.17, 15) is 10.4 Å². The highest BCUT2D eigenvalue weighted by Crippen LogP contribution is 2.28. The zero-order valence-electron chi connectivity index (χ0n) is 18.3. The van der Waals surface area contributed by atoms with Crippen LogP contribution in [0.2, 0.25) is 0 Å². The molecule has 0 aliphatic rings. The smallest absolute Gasteiger partial charge is 0.192 e. The number of aliphatic hydroxyl groups excluding tert-OH is 1. The summed E-state index contributed by atoms with van der Waals surface area (Å²) < 4.78 is 7.49. The van der Waals surface area contributed by atoms with Gasteiger partial charge in [0.15, 0.2) is 16.8 Å². The van der Waals surface area contributed by atoms with E-state index in [0.717, 1.165) is 27.9 Å². The number of nitrogens with zero attached hydrogens (tertiary/aromatic N) is 5. The summed E-state index contributed by atoms with van der Waals surface area (Å²) in [6.45, 7) is 2.46. The summed E-state index contributed by atoms with van der Waals surface area (Å²) in [6.07, 6.45) is 1.62. The monoisotopic (exact) mass is 468 g/mol. The van der Waals surface area contributed by atoms with E-state index >= 15 is 0 Å². The number of allylic oxidation sites excluding steroid dienone is 1. The number of furan rings is 1. The topological polar surface area (TPSA) is 117 Å². The van der Waals surface area contributed by atoms with Gasteiger partial charge in [-0.25, -0.2) is 4.98 Å². The lowest BCUT2D eigenvalue weighted by molar-refractivity contribution is 0.420. The second-order valence-electron chi connectivity index (χ2n) is 7.67. The van der Waals surface area contributed by atoms with Gasteiger partial charge in [-0.1, -0.05) is 47.7 Å². The van der Waals surface area contributed by atoms with Crippen LogP contribution in [-0.4, -0.2) is 35.6 Å². The number of hydrogen-bond acceptors (Lipinski definition) is 7. The molecule has 0 saturated carbocycles. The SMILES string of the molecule is Cc1cccc(-c2nnc(SC/C(O)=C(\C#N)c3nc4ccccc4[nH]3)n2Cc2ccco2)c1. The van der Waals surface area contributed by atoms with E-state index in [1.54, 1.807) is 6.26 Å². The molecule has 168 valence electrons. The molecule has 0 fully saturated rings. The van der Waals surface area contributed by atoms with E-state index < -0.39 is 0 Å². The third kappa shape index (κ3) is 4.31. The Bertz CT molecular complexity index is 1490. The summed E-state index contributed by atoms with van der Waals surface area (Å²) in [5, 5.41) is 29.8. The third-order valence-corrected chi connectivity index (χ3v) is 6.23. The molecule has 9 heteroatoms. The average molecular weight is 469 g/mol. The van der Waals surface area contributed by atoms with Crippen molar-refractivity contribution < 1.29 is 9.52 Å². The van der Waals surface area contributed by atoms with E-state index in [2.05, 4.69) is 26.2 Å². The Morgan fingerprint density at radius 2 is 2.03 bits per heavy atom. The van der Waals surface area contributed by atoms with Crippen LogP contribution in [-0.2, 0) is 6.54 Å². The van der Waals surface area contributed by atoms with Gasteiger partial charge in [-0.05, 0) is 37.3 Å². The Morgan fingerprint density at radius 3 is 2.79 bits per heavy atom. The molecule has 0 bridgehead atoms. The Labute approximate surface area is 199 Å². The predicted molar refractivity (Wildman–Crippen MR) is 130 cm³/mol. The number of rotatable bonds is 7. The second-order valence-corrected chi connectivity index (χ2v) is 8.61. The number of aromatic amines is 1. The molecule has 0 amide bonds. The average Bonchev–Trinajstić information content (AvgIpc) is 3.58. The molecular weight excluding hydrogens is 448 g/mol. The van der Waals surface area contributed by atoms with Gasteiger partial charge in [0.05, 0.1) is 29.6 Å². The van der Waals surface area contributed by atoms with Crippen molar-refractivity contribution in [2.75, 3.05) is 5.75 Å². The standard InChI is InChI=1S/C25H20N6O2S/c1-16-6-4-7-17(12-16)24-29-30-25(31(24)14-18-8-5-11-33-18)34-15-22(32)19(13-26)23-27-20-9-2-3-10-21(20)28-23/h2-12,32H,14-15H2,1H3,(H,27,28)/b22-19-. The summed E-state index contributed by atoms with van der Waals surface area (Å²) in [7, 11) is 0. The highest BCUT2D eigenvalue weighted by atomic mass is 32.2. The summed E-state index contributed by atoms with van der Waals surface area (Å²) in [6, 6.07) is 21.3. The van der Waals surface area contributed by atoms with Crippen molar-refractivity contribution in [1.82, 2.24) is 24.7 Å². The molecule has 3 aromatic heterocycles. The van der Waals surface area contributed by atoms with Crippen molar-refractivity contribution >= 4 is 28.4 Å². The normalized spacial score (nSPS) is 12.0. The van der Waals surface area contributed by atoms with Crippen molar-refractivity contribution in [2.24, 2.45) is 0 Å². The highest BCUT2D eigenvalue weighted by molar-refractivity contribution is 7.99. The quantitative estimate of drug-likeness (QED) is 0.188. The number of H-pyrrole nitrogens is 1. The molecule has 0 saturated heterocycles. The summed E-state index contributed by atoms with van der Waals surface area (Å²) >= 11 is 1.29. The van der Waals surface area contributed by atoms with Crippen LogP contribution in [0.1, 0.15) is 17.1 Å². The molecule has 0 unspecified atom stereocenters. The van der Waals surface area contributed by atoms with Crippen LogP contribution >= 0.6 is 11.8 Å². The van der Waals surface area contributed by atoms with Crippen LogP contribution in [0, 0.1) is 18.3 Å². The number of aromatic nitrogens is 5. The fourth-order valence-corrected chi connectivity index (χ4v) is 4.44. The fourth-order valence-electron chi connectivity index (χ4n) is 3.62. The molecule has 2 aromatic carbocycles. The number of nitriles is 1.